The molecule has 1 aromatic carbocycles. The zero-order chi connectivity index (χ0) is 12.9. The van der Waals surface area contributed by atoms with Gasteiger partial charge in [0.1, 0.15) is 11.4 Å². The Kier molecular flexibility index (Phi) is 2.02. The van der Waals surface area contributed by atoms with E-state index in [0.29, 0.717) is 17.1 Å². The maximum atomic E-state index is 11.2. The first kappa shape index (κ1) is 10.8. The fraction of sp³-hybridized carbons (Fsp3) is 0.231. The first-order valence-corrected chi connectivity index (χ1v) is 5.52. The molecule has 0 atom stereocenters. The number of nitrogens with zero attached hydrogens (tertiary/aromatic N) is 1. The van der Waals surface area contributed by atoms with Crippen LogP contribution in [0.5, 0.6) is 5.75 Å². The van der Waals surface area contributed by atoms with Crippen molar-refractivity contribution in [3.8, 4) is 17.1 Å². The average molecular weight is 245 g/mol. The SMILES string of the molecule is CC1(C)Oc2ccccc2-c2onc(C(=O)O)c21. The van der Waals surface area contributed by atoms with Crippen molar-refractivity contribution >= 4 is 5.97 Å². The van der Waals surface area contributed by atoms with Crippen molar-refractivity contribution in [3.05, 3.63) is 35.5 Å². The number of carboxylic acids is 1. The topological polar surface area (TPSA) is 72.6 Å². The van der Waals surface area contributed by atoms with Gasteiger partial charge in [-0.1, -0.05) is 17.3 Å². The number of aromatic carboxylic acids is 1. The zero-order valence-corrected chi connectivity index (χ0v) is 9.93. The van der Waals surface area contributed by atoms with E-state index in [1.165, 1.54) is 0 Å². The highest BCUT2D eigenvalue weighted by molar-refractivity contribution is 5.90. The maximum absolute atomic E-state index is 11.2. The standard InChI is InChI=1S/C13H11NO4/c1-13(2)9-10(12(15)16)14-18-11(9)7-5-3-4-6-8(7)17-13/h3-6H,1-2H3,(H,15,16). The lowest BCUT2D eigenvalue weighted by molar-refractivity contribution is 0.0663. The van der Waals surface area contributed by atoms with Gasteiger partial charge in [0.05, 0.1) is 11.1 Å². The second-order valence-electron chi connectivity index (χ2n) is 4.65. The lowest BCUT2D eigenvalue weighted by atomic mass is 9.90. The predicted molar refractivity (Wildman–Crippen MR) is 62.6 cm³/mol. The molecular formula is C13H11NO4. The van der Waals surface area contributed by atoms with Crippen LogP contribution in [0.1, 0.15) is 29.9 Å². The van der Waals surface area contributed by atoms with E-state index in [-0.39, 0.29) is 5.69 Å². The van der Waals surface area contributed by atoms with E-state index in [2.05, 4.69) is 5.16 Å². The summed E-state index contributed by atoms with van der Waals surface area (Å²) in [5.74, 6) is 0.0263. The van der Waals surface area contributed by atoms with Gasteiger partial charge in [-0.25, -0.2) is 4.79 Å². The molecule has 18 heavy (non-hydrogen) atoms. The van der Waals surface area contributed by atoms with Crippen molar-refractivity contribution in [2.24, 2.45) is 0 Å². The van der Waals surface area contributed by atoms with Crippen LogP contribution in [0.3, 0.4) is 0 Å². The van der Waals surface area contributed by atoms with Crippen molar-refractivity contribution in [3.63, 3.8) is 0 Å². The highest BCUT2D eigenvalue weighted by Crippen LogP contribution is 2.46. The molecule has 0 radical (unpaired) electrons. The number of ether oxygens (including phenoxy) is 1. The van der Waals surface area contributed by atoms with Gasteiger partial charge in [-0.3, -0.25) is 0 Å². The van der Waals surface area contributed by atoms with Crippen LogP contribution < -0.4 is 4.74 Å². The van der Waals surface area contributed by atoms with Gasteiger partial charge in [0.2, 0.25) is 0 Å². The summed E-state index contributed by atoms with van der Waals surface area (Å²) in [5.41, 5.74) is 0.335. The van der Waals surface area contributed by atoms with Crippen LogP contribution >= 0.6 is 0 Å². The van der Waals surface area contributed by atoms with Crippen molar-refractivity contribution < 1.29 is 19.2 Å². The average Bonchev–Trinajstić information content (AvgIpc) is 2.74. The summed E-state index contributed by atoms with van der Waals surface area (Å²) in [6, 6.07) is 7.34. The van der Waals surface area contributed by atoms with Crippen LogP contribution in [0.15, 0.2) is 28.8 Å². The molecular weight excluding hydrogens is 234 g/mol. The summed E-state index contributed by atoms with van der Waals surface area (Å²) in [7, 11) is 0. The molecule has 3 rings (SSSR count). The van der Waals surface area contributed by atoms with Crippen LogP contribution in [0.4, 0.5) is 0 Å². The number of hydrogen-bond acceptors (Lipinski definition) is 4. The fourth-order valence-corrected chi connectivity index (χ4v) is 2.25. The van der Waals surface area contributed by atoms with Gasteiger partial charge in [-0.05, 0) is 26.0 Å². The van der Waals surface area contributed by atoms with Gasteiger partial charge in [0.15, 0.2) is 11.5 Å². The molecule has 0 aliphatic carbocycles. The molecule has 1 aliphatic rings. The second kappa shape index (κ2) is 3.35. The first-order chi connectivity index (χ1) is 8.50. The number of aromatic nitrogens is 1. The van der Waals surface area contributed by atoms with Gasteiger partial charge in [0.25, 0.3) is 0 Å². The second-order valence-corrected chi connectivity index (χ2v) is 4.65. The normalized spacial score (nSPS) is 15.4. The van der Waals surface area contributed by atoms with Crippen LogP contribution in [-0.4, -0.2) is 16.2 Å². The molecule has 5 nitrogen and oxygen atoms in total. The molecule has 5 heteroatoms. The Hall–Kier alpha value is -2.30. The maximum Gasteiger partial charge on any atom is 0.358 e. The van der Waals surface area contributed by atoms with E-state index in [9.17, 15) is 4.79 Å². The molecule has 2 heterocycles. The number of fused-ring (bicyclic) bond motifs is 3. The van der Waals surface area contributed by atoms with Crippen LogP contribution in [0.25, 0.3) is 11.3 Å². The van der Waals surface area contributed by atoms with Crippen LogP contribution in [0.2, 0.25) is 0 Å². The number of para-hydroxylation sites is 1. The van der Waals surface area contributed by atoms with E-state index >= 15 is 0 Å². The first-order valence-electron chi connectivity index (χ1n) is 5.52. The molecule has 0 bridgehead atoms. The van der Waals surface area contributed by atoms with Gasteiger partial charge in [-0.2, -0.15) is 0 Å². The zero-order valence-electron chi connectivity index (χ0n) is 9.93. The molecule has 0 spiro atoms. The molecule has 1 aromatic heterocycles. The molecule has 0 fully saturated rings. The highest BCUT2D eigenvalue weighted by atomic mass is 16.5. The molecule has 1 N–H and O–H groups in total. The van der Waals surface area contributed by atoms with Crippen LogP contribution in [-0.2, 0) is 5.60 Å². The highest BCUT2D eigenvalue weighted by Gasteiger charge is 2.40. The van der Waals surface area contributed by atoms with Gasteiger partial charge in [0, 0.05) is 0 Å². The molecule has 2 aromatic rings. The third-order valence-electron chi connectivity index (χ3n) is 2.99. The minimum absolute atomic E-state index is 0.0931. The summed E-state index contributed by atoms with van der Waals surface area (Å²) >= 11 is 0. The number of benzene rings is 1. The molecule has 1 aliphatic heterocycles. The van der Waals surface area contributed by atoms with Crippen molar-refractivity contribution in [1.82, 2.24) is 5.16 Å². The lowest BCUT2D eigenvalue weighted by Gasteiger charge is -2.31. The molecule has 0 saturated carbocycles. The van der Waals surface area contributed by atoms with E-state index < -0.39 is 11.6 Å². The summed E-state index contributed by atoms with van der Waals surface area (Å²) in [6.45, 7) is 3.59. The summed E-state index contributed by atoms with van der Waals surface area (Å²) in [5, 5.41) is 12.8. The Bertz CT molecular complexity index is 642. The number of carbonyl (C=O) groups is 1. The van der Waals surface area contributed by atoms with Crippen molar-refractivity contribution in [2.45, 2.75) is 19.4 Å². The van der Waals surface area contributed by atoms with E-state index in [1.807, 2.05) is 24.3 Å². The van der Waals surface area contributed by atoms with E-state index in [1.54, 1.807) is 13.8 Å². The number of rotatable bonds is 1. The van der Waals surface area contributed by atoms with Gasteiger partial charge < -0.3 is 14.4 Å². The Balaban J connectivity index is 2.33. The number of carboxylic acid groups (broad SMARTS) is 1. The van der Waals surface area contributed by atoms with Gasteiger partial charge >= 0.3 is 5.97 Å². The fourth-order valence-electron chi connectivity index (χ4n) is 2.25. The Morgan fingerprint density at radius 3 is 2.78 bits per heavy atom. The molecule has 0 unspecified atom stereocenters. The lowest BCUT2D eigenvalue weighted by Crippen LogP contribution is -2.30. The smallest absolute Gasteiger partial charge is 0.358 e. The van der Waals surface area contributed by atoms with E-state index in [0.717, 1.165) is 5.56 Å². The monoisotopic (exact) mass is 245 g/mol. The molecule has 0 amide bonds. The third-order valence-corrected chi connectivity index (χ3v) is 2.99. The Labute approximate surface area is 103 Å². The van der Waals surface area contributed by atoms with Crippen LogP contribution in [0, 0.1) is 0 Å². The summed E-state index contributed by atoms with van der Waals surface area (Å²) in [4.78, 5) is 11.2. The minimum Gasteiger partial charge on any atom is -0.482 e. The van der Waals surface area contributed by atoms with E-state index in [4.69, 9.17) is 14.4 Å². The summed E-state index contributed by atoms with van der Waals surface area (Å²) in [6.07, 6.45) is 0. The third kappa shape index (κ3) is 1.33. The minimum atomic E-state index is -1.11. The Morgan fingerprint density at radius 1 is 1.33 bits per heavy atom. The predicted octanol–water partition coefficient (Wildman–Crippen LogP) is 2.67. The quantitative estimate of drug-likeness (QED) is 0.836. The van der Waals surface area contributed by atoms with Gasteiger partial charge in [-0.15, -0.1) is 0 Å². The molecule has 0 saturated heterocycles. The molecule has 92 valence electrons. The van der Waals surface area contributed by atoms with Crippen molar-refractivity contribution in [1.29, 1.82) is 0 Å². The largest absolute Gasteiger partial charge is 0.482 e. The van der Waals surface area contributed by atoms with Crippen molar-refractivity contribution in [2.75, 3.05) is 0 Å². The number of hydrogen-bond donors (Lipinski definition) is 1. The Morgan fingerprint density at radius 2 is 2.06 bits per heavy atom. The summed E-state index contributed by atoms with van der Waals surface area (Å²) < 4.78 is 11.0.